The summed E-state index contributed by atoms with van der Waals surface area (Å²) in [6.07, 6.45) is 5.76. The molecule has 0 bridgehead atoms. The maximum Gasteiger partial charge on any atom is 0.0383 e. The lowest BCUT2D eigenvalue weighted by Crippen LogP contribution is -2.45. The zero-order chi connectivity index (χ0) is 10.8. The first-order valence-corrected chi connectivity index (χ1v) is 7.69. The molecule has 1 N–H and O–H groups in total. The molecule has 0 aromatic rings. The second-order valence-corrected chi connectivity index (χ2v) is 6.43. The molecule has 0 aliphatic carbocycles. The Labute approximate surface area is 95.1 Å². The van der Waals surface area contributed by atoms with Gasteiger partial charge in [-0.2, -0.15) is 0 Å². The van der Waals surface area contributed by atoms with Crippen LogP contribution in [0.2, 0.25) is 0 Å². The number of nitrogens with one attached hydrogen (secondary N) is 1. The van der Waals surface area contributed by atoms with Crippen molar-refractivity contribution in [2.45, 2.75) is 44.3 Å². The highest BCUT2D eigenvalue weighted by atomic mass is 32.2. The van der Waals surface area contributed by atoms with E-state index in [4.69, 9.17) is 0 Å². The van der Waals surface area contributed by atoms with Crippen LogP contribution in [0, 0.1) is 0 Å². The van der Waals surface area contributed by atoms with Gasteiger partial charge in [-0.15, -0.1) is 0 Å². The van der Waals surface area contributed by atoms with E-state index in [-0.39, 0.29) is 0 Å². The average Bonchev–Trinajstić information content (AvgIpc) is 2.68. The molecule has 0 spiro atoms. The fourth-order valence-corrected chi connectivity index (χ4v) is 3.84. The minimum absolute atomic E-state index is 0.390. The van der Waals surface area contributed by atoms with E-state index >= 15 is 0 Å². The number of hydrogen-bond donors (Lipinski definition) is 1. The van der Waals surface area contributed by atoms with Gasteiger partial charge in [-0.3, -0.25) is 9.11 Å². The molecule has 0 amide bonds. The van der Waals surface area contributed by atoms with Gasteiger partial charge < -0.3 is 5.32 Å². The van der Waals surface area contributed by atoms with E-state index in [9.17, 15) is 4.21 Å². The number of rotatable bonds is 4. The van der Waals surface area contributed by atoms with E-state index in [0.29, 0.717) is 12.1 Å². The summed E-state index contributed by atoms with van der Waals surface area (Å²) in [5, 5.41) is 3.65. The Balaban J connectivity index is 1.81. The highest BCUT2D eigenvalue weighted by molar-refractivity contribution is 7.84. The third kappa shape index (κ3) is 2.80. The topological polar surface area (TPSA) is 32.3 Å². The van der Waals surface area contributed by atoms with Crippen LogP contribution in [0.25, 0.3) is 0 Å². The highest BCUT2D eigenvalue weighted by Gasteiger charge is 2.37. The van der Waals surface area contributed by atoms with Crippen LogP contribution in [0.4, 0.5) is 0 Å². The Bertz CT molecular complexity index is 247. The van der Waals surface area contributed by atoms with Crippen molar-refractivity contribution in [3.05, 3.63) is 0 Å². The Kier molecular flexibility index (Phi) is 3.80. The van der Waals surface area contributed by atoms with E-state index in [1.165, 1.54) is 32.4 Å². The first kappa shape index (κ1) is 11.6. The molecule has 0 aromatic carbocycles. The molecule has 0 aromatic heterocycles. The summed E-state index contributed by atoms with van der Waals surface area (Å²) in [4.78, 5) is 2.60. The third-order valence-corrected chi connectivity index (χ3v) is 4.56. The molecule has 0 saturated carbocycles. The molecule has 88 valence electrons. The molecule has 2 aliphatic rings. The second-order valence-electron chi connectivity index (χ2n) is 4.95. The maximum atomic E-state index is 11.1. The van der Waals surface area contributed by atoms with Crippen molar-refractivity contribution in [2.75, 3.05) is 25.1 Å². The molecule has 15 heavy (non-hydrogen) atoms. The SMILES string of the molecule is CC(CS(C)=O)NC1CCN2CCCC12. The van der Waals surface area contributed by atoms with Gasteiger partial charge in [0.25, 0.3) is 0 Å². The van der Waals surface area contributed by atoms with Gasteiger partial charge in [0, 0.05) is 47.5 Å². The molecular formula is C11H22N2OS. The average molecular weight is 230 g/mol. The molecule has 4 atom stereocenters. The van der Waals surface area contributed by atoms with Crippen LogP contribution in [0.1, 0.15) is 26.2 Å². The Morgan fingerprint density at radius 3 is 3.00 bits per heavy atom. The van der Waals surface area contributed by atoms with E-state index in [1.807, 2.05) is 0 Å². The van der Waals surface area contributed by atoms with E-state index in [2.05, 4.69) is 17.1 Å². The first-order chi connectivity index (χ1) is 7.16. The summed E-state index contributed by atoms with van der Waals surface area (Å²) in [5.74, 6) is 0.781. The summed E-state index contributed by atoms with van der Waals surface area (Å²) in [6.45, 7) is 4.69. The Hall–Kier alpha value is 0.0700. The lowest BCUT2D eigenvalue weighted by Gasteiger charge is -2.24. The predicted molar refractivity (Wildman–Crippen MR) is 64.5 cm³/mol. The predicted octanol–water partition coefficient (Wildman–Crippen LogP) is 0.580. The number of nitrogens with zero attached hydrogens (tertiary/aromatic N) is 1. The quantitative estimate of drug-likeness (QED) is 0.767. The normalized spacial score (nSPS) is 35.3. The third-order valence-electron chi connectivity index (χ3n) is 3.59. The molecular weight excluding hydrogens is 208 g/mol. The van der Waals surface area contributed by atoms with Crippen LogP contribution >= 0.6 is 0 Å². The minimum Gasteiger partial charge on any atom is -0.309 e. The lowest BCUT2D eigenvalue weighted by atomic mass is 10.1. The fourth-order valence-electron chi connectivity index (χ4n) is 3.04. The van der Waals surface area contributed by atoms with Crippen LogP contribution in [0.15, 0.2) is 0 Å². The standard InChI is InChI=1S/C11H22N2OS/c1-9(8-15(2)14)12-10-5-7-13-6-3-4-11(10)13/h9-12H,3-8H2,1-2H3. The van der Waals surface area contributed by atoms with Gasteiger partial charge in [0.1, 0.15) is 0 Å². The molecule has 2 heterocycles. The van der Waals surface area contributed by atoms with Gasteiger partial charge in [-0.25, -0.2) is 0 Å². The number of hydrogen-bond acceptors (Lipinski definition) is 3. The van der Waals surface area contributed by atoms with E-state index in [0.717, 1.165) is 11.8 Å². The summed E-state index contributed by atoms with van der Waals surface area (Å²) >= 11 is 0. The fraction of sp³-hybridized carbons (Fsp3) is 1.00. The van der Waals surface area contributed by atoms with Crippen molar-refractivity contribution < 1.29 is 4.21 Å². The van der Waals surface area contributed by atoms with Crippen molar-refractivity contribution in [3.63, 3.8) is 0 Å². The van der Waals surface area contributed by atoms with E-state index < -0.39 is 10.8 Å². The van der Waals surface area contributed by atoms with Crippen LogP contribution in [0.3, 0.4) is 0 Å². The first-order valence-electron chi connectivity index (χ1n) is 5.97. The Morgan fingerprint density at radius 1 is 1.47 bits per heavy atom. The highest BCUT2D eigenvalue weighted by Crippen LogP contribution is 2.28. The molecule has 2 fully saturated rings. The van der Waals surface area contributed by atoms with Crippen molar-refractivity contribution >= 4 is 10.8 Å². The van der Waals surface area contributed by atoms with Crippen LogP contribution in [-0.4, -0.2) is 52.3 Å². The zero-order valence-corrected chi connectivity index (χ0v) is 10.6. The van der Waals surface area contributed by atoms with Gasteiger partial charge in [0.15, 0.2) is 0 Å². The summed E-state index contributed by atoms with van der Waals surface area (Å²) < 4.78 is 11.1. The largest absolute Gasteiger partial charge is 0.309 e. The minimum atomic E-state index is -0.678. The summed E-state index contributed by atoms with van der Waals surface area (Å²) in [5.41, 5.74) is 0. The monoisotopic (exact) mass is 230 g/mol. The molecule has 0 radical (unpaired) electrons. The smallest absolute Gasteiger partial charge is 0.0383 e. The summed E-state index contributed by atoms with van der Waals surface area (Å²) in [6, 6.07) is 1.80. The van der Waals surface area contributed by atoms with Crippen LogP contribution in [0.5, 0.6) is 0 Å². The zero-order valence-electron chi connectivity index (χ0n) is 9.74. The summed E-state index contributed by atoms with van der Waals surface area (Å²) in [7, 11) is -0.678. The van der Waals surface area contributed by atoms with Gasteiger partial charge in [-0.1, -0.05) is 0 Å². The number of fused-ring (bicyclic) bond motifs is 1. The Morgan fingerprint density at radius 2 is 2.27 bits per heavy atom. The van der Waals surface area contributed by atoms with Gasteiger partial charge in [-0.05, 0) is 32.7 Å². The second kappa shape index (κ2) is 4.93. The van der Waals surface area contributed by atoms with Gasteiger partial charge in [0.05, 0.1) is 0 Å². The van der Waals surface area contributed by atoms with Crippen molar-refractivity contribution in [1.82, 2.24) is 10.2 Å². The van der Waals surface area contributed by atoms with Crippen molar-refractivity contribution in [3.8, 4) is 0 Å². The molecule has 3 nitrogen and oxygen atoms in total. The van der Waals surface area contributed by atoms with E-state index in [1.54, 1.807) is 6.26 Å². The van der Waals surface area contributed by atoms with Crippen LogP contribution in [-0.2, 0) is 10.8 Å². The molecule has 4 heteroatoms. The molecule has 2 rings (SSSR count). The van der Waals surface area contributed by atoms with Gasteiger partial charge in [0.2, 0.25) is 0 Å². The van der Waals surface area contributed by atoms with Crippen LogP contribution < -0.4 is 5.32 Å². The van der Waals surface area contributed by atoms with Crippen molar-refractivity contribution in [1.29, 1.82) is 0 Å². The van der Waals surface area contributed by atoms with Crippen molar-refractivity contribution in [2.24, 2.45) is 0 Å². The molecule has 2 saturated heterocycles. The molecule has 2 aliphatic heterocycles. The maximum absolute atomic E-state index is 11.1. The lowest BCUT2D eigenvalue weighted by molar-refractivity contribution is 0.293. The molecule has 4 unspecified atom stereocenters. The van der Waals surface area contributed by atoms with Gasteiger partial charge >= 0.3 is 0 Å².